The molecule has 0 radical (unpaired) electrons. The number of amides is 1. The van der Waals surface area contributed by atoms with Crippen LogP contribution < -0.4 is 15.0 Å². The van der Waals surface area contributed by atoms with E-state index in [1.54, 1.807) is 29.8 Å². The van der Waals surface area contributed by atoms with Crippen LogP contribution in [-0.4, -0.2) is 73.8 Å². The zero-order chi connectivity index (χ0) is 26.2. The fraction of sp³-hybridized carbons (Fsp3) is 0.500. The fourth-order valence-electron chi connectivity index (χ4n) is 5.80. The van der Waals surface area contributed by atoms with E-state index in [1.165, 1.54) is 25.0 Å². The third kappa shape index (κ3) is 4.68. The number of carbonyl (C=O) groups is 1. The van der Waals surface area contributed by atoms with E-state index in [4.69, 9.17) is 4.74 Å². The highest BCUT2D eigenvalue weighted by Crippen LogP contribution is 2.31. The Balaban J connectivity index is 1.10. The lowest BCUT2D eigenvalue weighted by Crippen LogP contribution is -2.71. The van der Waals surface area contributed by atoms with Crippen molar-refractivity contribution in [1.82, 2.24) is 35.4 Å². The summed E-state index contributed by atoms with van der Waals surface area (Å²) in [7, 11) is 0. The molecule has 12 heteroatoms. The Kier molecular flexibility index (Phi) is 6.64. The summed E-state index contributed by atoms with van der Waals surface area (Å²) >= 11 is 0. The van der Waals surface area contributed by atoms with Crippen LogP contribution in [0.2, 0.25) is 0 Å². The summed E-state index contributed by atoms with van der Waals surface area (Å²) in [6, 6.07) is 10.1. The lowest BCUT2D eigenvalue weighted by atomic mass is 9.85. The quantitative estimate of drug-likeness (QED) is 0.526. The van der Waals surface area contributed by atoms with Gasteiger partial charge in [-0.3, -0.25) is 9.69 Å². The van der Waals surface area contributed by atoms with Gasteiger partial charge in [0.2, 0.25) is 11.8 Å². The van der Waals surface area contributed by atoms with E-state index in [0.29, 0.717) is 41.4 Å². The van der Waals surface area contributed by atoms with E-state index in [9.17, 15) is 13.6 Å². The number of nitrogens with one attached hydrogen (secondary N) is 1. The number of carbonyl (C=O) groups excluding carboxylic acids is 1. The Morgan fingerprint density at radius 1 is 1.05 bits per heavy atom. The molecule has 3 fully saturated rings. The summed E-state index contributed by atoms with van der Waals surface area (Å²) in [5, 5.41) is 20.1. The first-order valence-corrected chi connectivity index (χ1v) is 13.0. The molecule has 0 spiro atoms. The first-order valence-electron chi connectivity index (χ1n) is 13.0. The molecule has 38 heavy (non-hydrogen) atoms. The lowest BCUT2D eigenvalue weighted by molar-refractivity contribution is -0.135. The van der Waals surface area contributed by atoms with Crippen LogP contribution in [0.1, 0.15) is 49.1 Å². The second kappa shape index (κ2) is 10.2. The maximum Gasteiger partial charge on any atom is 0.263 e. The molecule has 2 aliphatic heterocycles. The normalized spacial score (nSPS) is 23.6. The second-order valence-corrected chi connectivity index (χ2v) is 10.1. The highest BCUT2D eigenvalue weighted by Gasteiger charge is 2.45. The molecule has 200 valence electrons. The zero-order valence-corrected chi connectivity index (χ0v) is 21.1. The number of rotatable bonds is 6. The number of nitrogens with zero attached hydrogens (tertiary/aromatic N) is 7. The van der Waals surface area contributed by atoms with Crippen molar-refractivity contribution in [2.24, 2.45) is 0 Å². The number of benzene rings is 1. The number of hydrogen-bond donors (Lipinski definition) is 1. The van der Waals surface area contributed by atoms with Crippen LogP contribution >= 0.6 is 0 Å². The van der Waals surface area contributed by atoms with Crippen molar-refractivity contribution in [3.8, 4) is 11.6 Å². The Morgan fingerprint density at radius 3 is 2.63 bits per heavy atom. The van der Waals surface area contributed by atoms with Crippen LogP contribution in [-0.2, 0) is 11.4 Å². The highest BCUT2D eigenvalue weighted by atomic mass is 19.3. The number of hydrogen-bond acceptors (Lipinski definition) is 8. The standard InChI is InChI=1S/C26H30F2N8O2/c1-16-22(36(33-30-16)18-8-6-17(7-9-18)25(27)28)15-38-24-11-10-23(31-32-24)34-12-13-35-20-5-3-2-4-19(20)29-26(37)21(35)14-34/h6-11,19-21,25H,2-5,12-15H2,1H3,(H,29,37). The summed E-state index contributed by atoms with van der Waals surface area (Å²) in [6.07, 6.45) is 2.08. The Labute approximate surface area is 219 Å². The molecule has 2 aromatic heterocycles. The van der Waals surface area contributed by atoms with Crippen LogP contribution in [0, 0.1) is 6.92 Å². The molecule has 3 unspecified atom stereocenters. The minimum absolute atomic E-state index is 0.0533. The Morgan fingerprint density at radius 2 is 1.87 bits per heavy atom. The molecular formula is C26H30F2N8O2. The maximum absolute atomic E-state index is 12.9. The minimum atomic E-state index is -2.53. The number of alkyl halides is 2. The SMILES string of the molecule is Cc1nnn(-c2ccc(C(F)F)cc2)c1COc1ccc(N2CCN3C(C2)C(=O)NC2CCCCC23)nn1. The third-order valence-corrected chi connectivity index (χ3v) is 7.86. The van der Waals surface area contributed by atoms with Crippen LogP contribution in [0.15, 0.2) is 36.4 Å². The molecule has 1 aliphatic carbocycles. The van der Waals surface area contributed by atoms with Gasteiger partial charge in [0, 0.05) is 43.3 Å². The van der Waals surface area contributed by atoms with Gasteiger partial charge in [0.05, 0.1) is 11.4 Å². The van der Waals surface area contributed by atoms with E-state index >= 15 is 0 Å². The van der Waals surface area contributed by atoms with Gasteiger partial charge in [-0.1, -0.05) is 30.2 Å². The van der Waals surface area contributed by atoms with E-state index < -0.39 is 6.43 Å². The molecule has 1 saturated carbocycles. The van der Waals surface area contributed by atoms with E-state index in [-0.39, 0.29) is 30.2 Å². The van der Waals surface area contributed by atoms with Crippen molar-refractivity contribution in [2.45, 2.75) is 63.8 Å². The minimum Gasteiger partial charge on any atom is -0.470 e. The predicted octanol–water partition coefficient (Wildman–Crippen LogP) is 2.81. The first kappa shape index (κ1) is 24.7. The molecule has 6 rings (SSSR count). The summed E-state index contributed by atoms with van der Waals surface area (Å²) in [5.41, 5.74) is 1.90. The number of piperazine rings is 2. The third-order valence-electron chi connectivity index (χ3n) is 7.86. The molecule has 10 nitrogen and oxygen atoms in total. The van der Waals surface area contributed by atoms with Gasteiger partial charge in [-0.2, -0.15) is 0 Å². The topological polar surface area (TPSA) is 101 Å². The van der Waals surface area contributed by atoms with Crippen molar-refractivity contribution in [2.75, 3.05) is 24.5 Å². The average molecular weight is 525 g/mol. The highest BCUT2D eigenvalue weighted by molar-refractivity contribution is 5.84. The van der Waals surface area contributed by atoms with Crippen LogP contribution in [0.25, 0.3) is 5.69 Å². The van der Waals surface area contributed by atoms with Crippen molar-refractivity contribution in [1.29, 1.82) is 0 Å². The maximum atomic E-state index is 12.9. The average Bonchev–Trinajstić information content (AvgIpc) is 3.32. The van der Waals surface area contributed by atoms with Crippen molar-refractivity contribution in [3.63, 3.8) is 0 Å². The number of aromatic nitrogens is 5. The molecule has 1 aromatic carbocycles. The number of anilines is 1. The van der Waals surface area contributed by atoms with Crippen LogP contribution in [0.3, 0.4) is 0 Å². The number of aryl methyl sites for hydroxylation is 1. The molecule has 1 amide bonds. The van der Waals surface area contributed by atoms with Crippen molar-refractivity contribution < 1.29 is 18.3 Å². The fourth-order valence-corrected chi connectivity index (χ4v) is 5.80. The predicted molar refractivity (Wildman–Crippen MR) is 134 cm³/mol. The van der Waals surface area contributed by atoms with E-state index in [1.807, 2.05) is 6.07 Å². The van der Waals surface area contributed by atoms with Gasteiger partial charge in [0.1, 0.15) is 18.3 Å². The number of halogens is 2. The molecule has 3 atom stereocenters. The van der Waals surface area contributed by atoms with Gasteiger partial charge < -0.3 is 15.0 Å². The molecule has 0 bridgehead atoms. The number of fused-ring (bicyclic) bond motifs is 3. The molecule has 3 aliphatic rings. The Bertz CT molecular complexity index is 1280. The Hall–Kier alpha value is -3.67. The summed E-state index contributed by atoms with van der Waals surface area (Å²) in [4.78, 5) is 17.3. The van der Waals surface area contributed by atoms with Gasteiger partial charge in [0.15, 0.2) is 5.82 Å². The zero-order valence-electron chi connectivity index (χ0n) is 21.1. The molecule has 1 N–H and O–H groups in total. The van der Waals surface area contributed by atoms with Gasteiger partial charge >= 0.3 is 0 Å². The molecule has 3 aromatic rings. The van der Waals surface area contributed by atoms with Gasteiger partial charge in [0.25, 0.3) is 6.43 Å². The largest absolute Gasteiger partial charge is 0.470 e. The first-order chi connectivity index (χ1) is 18.5. The van der Waals surface area contributed by atoms with Crippen LogP contribution in [0.5, 0.6) is 5.88 Å². The summed E-state index contributed by atoms with van der Waals surface area (Å²) in [6.45, 7) is 4.14. The summed E-state index contributed by atoms with van der Waals surface area (Å²) in [5.74, 6) is 1.15. The van der Waals surface area contributed by atoms with E-state index in [0.717, 1.165) is 25.9 Å². The lowest BCUT2D eigenvalue weighted by Gasteiger charge is -2.52. The molecular weight excluding hydrogens is 494 g/mol. The van der Waals surface area contributed by atoms with Crippen molar-refractivity contribution >= 4 is 11.7 Å². The monoisotopic (exact) mass is 524 g/mol. The second-order valence-electron chi connectivity index (χ2n) is 10.1. The molecule has 4 heterocycles. The van der Waals surface area contributed by atoms with Gasteiger partial charge in [-0.15, -0.1) is 15.3 Å². The number of ether oxygens (including phenoxy) is 1. The smallest absolute Gasteiger partial charge is 0.263 e. The van der Waals surface area contributed by atoms with Gasteiger partial charge in [-0.05, 0) is 38.0 Å². The van der Waals surface area contributed by atoms with E-state index in [2.05, 4.69) is 35.6 Å². The molecule has 2 saturated heterocycles. The van der Waals surface area contributed by atoms with Gasteiger partial charge in [-0.25, -0.2) is 13.5 Å². The summed E-state index contributed by atoms with van der Waals surface area (Å²) < 4.78 is 33.2. The van der Waals surface area contributed by atoms with Crippen molar-refractivity contribution in [3.05, 3.63) is 53.3 Å². The van der Waals surface area contributed by atoms with Crippen LogP contribution in [0.4, 0.5) is 14.6 Å².